The first-order valence-corrected chi connectivity index (χ1v) is 9.38. The molecule has 1 aromatic heterocycles. The molecule has 1 aromatic carbocycles. The number of ether oxygens (including phenoxy) is 2. The van der Waals surface area contributed by atoms with Crippen molar-refractivity contribution in [3.63, 3.8) is 0 Å². The van der Waals surface area contributed by atoms with Crippen molar-refractivity contribution in [1.29, 1.82) is 0 Å². The molecular weight excluding hydrogens is 348 g/mol. The number of hydrogen-bond donors (Lipinski definition) is 0. The van der Waals surface area contributed by atoms with Crippen molar-refractivity contribution < 1.29 is 23.5 Å². The Hall–Kier alpha value is -2.38. The molecule has 0 bridgehead atoms. The number of benzene rings is 1. The average Bonchev–Trinajstić information content (AvgIpc) is 3.36. The lowest BCUT2D eigenvalue weighted by Gasteiger charge is -2.35. The zero-order valence-electron chi connectivity index (χ0n) is 15.5. The van der Waals surface area contributed by atoms with Gasteiger partial charge in [0.1, 0.15) is 11.7 Å². The fraction of sp³-hybridized carbons (Fsp3) is 0.500. The predicted octanol–water partition coefficient (Wildman–Crippen LogP) is 2.04. The number of para-hydroxylation sites is 1. The molecule has 1 unspecified atom stereocenters. The maximum Gasteiger partial charge on any atom is 0.290 e. The monoisotopic (exact) mass is 372 g/mol. The molecular formula is C20H24N2O5. The zero-order valence-corrected chi connectivity index (χ0v) is 15.5. The molecule has 4 rings (SSSR count). The fourth-order valence-corrected chi connectivity index (χ4v) is 3.81. The second kappa shape index (κ2) is 7.70. The third kappa shape index (κ3) is 3.44. The third-order valence-electron chi connectivity index (χ3n) is 5.26. The maximum absolute atomic E-state index is 13.0. The lowest BCUT2D eigenvalue weighted by Crippen LogP contribution is -2.52. The summed E-state index contributed by atoms with van der Waals surface area (Å²) in [6.45, 7) is 2.98. The minimum Gasteiger partial charge on any atom is -0.451 e. The van der Waals surface area contributed by atoms with E-state index in [2.05, 4.69) is 0 Å². The molecule has 2 amide bonds. The third-order valence-corrected chi connectivity index (χ3v) is 5.26. The number of nitrogens with zero attached hydrogens (tertiary/aromatic N) is 2. The average molecular weight is 372 g/mol. The number of hydrogen-bond acceptors (Lipinski definition) is 5. The van der Waals surface area contributed by atoms with Crippen LogP contribution in [0.3, 0.4) is 0 Å². The van der Waals surface area contributed by atoms with Crippen LogP contribution in [0.1, 0.15) is 29.0 Å². The zero-order chi connectivity index (χ0) is 18.8. The first kappa shape index (κ1) is 18.0. The van der Waals surface area contributed by atoms with E-state index in [9.17, 15) is 9.59 Å². The first-order chi connectivity index (χ1) is 13.2. The first-order valence-electron chi connectivity index (χ1n) is 9.38. The Balaban J connectivity index is 1.47. The van der Waals surface area contributed by atoms with Crippen molar-refractivity contribution in [3.8, 4) is 0 Å². The van der Waals surface area contributed by atoms with Gasteiger partial charge in [0.15, 0.2) is 5.76 Å². The Morgan fingerprint density at radius 3 is 2.59 bits per heavy atom. The van der Waals surface area contributed by atoms with Gasteiger partial charge in [-0.15, -0.1) is 0 Å². The van der Waals surface area contributed by atoms with Crippen LogP contribution >= 0.6 is 0 Å². The second-order valence-electron chi connectivity index (χ2n) is 6.96. The predicted molar refractivity (Wildman–Crippen MR) is 98.4 cm³/mol. The second-order valence-corrected chi connectivity index (χ2v) is 6.96. The van der Waals surface area contributed by atoms with Gasteiger partial charge < -0.3 is 23.7 Å². The summed E-state index contributed by atoms with van der Waals surface area (Å²) in [6.07, 6.45) is 1.41. The van der Waals surface area contributed by atoms with Crippen LogP contribution in [0.15, 0.2) is 28.7 Å². The van der Waals surface area contributed by atoms with Crippen molar-refractivity contribution in [1.82, 2.24) is 9.80 Å². The number of piperazine rings is 1. The van der Waals surface area contributed by atoms with Gasteiger partial charge in [-0.1, -0.05) is 18.2 Å². The van der Waals surface area contributed by atoms with Gasteiger partial charge in [-0.05, 0) is 18.9 Å². The van der Waals surface area contributed by atoms with Crippen LogP contribution in [0.2, 0.25) is 0 Å². The van der Waals surface area contributed by atoms with Gasteiger partial charge in [0, 0.05) is 50.8 Å². The number of amides is 2. The molecule has 2 aliphatic heterocycles. The van der Waals surface area contributed by atoms with Crippen molar-refractivity contribution in [2.75, 3.05) is 39.9 Å². The van der Waals surface area contributed by atoms with Crippen LogP contribution in [-0.4, -0.2) is 67.6 Å². The number of fused-ring (bicyclic) bond motifs is 1. The van der Waals surface area contributed by atoms with E-state index in [-0.39, 0.29) is 17.9 Å². The number of carbonyl (C=O) groups is 2. The molecule has 7 heteroatoms. The SMILES string of the molecule is COCc1c(C(=O)N2CCN(C(=O)C3CCCO3)CC2)oc2ccccc12. The highest BCUT2D eigenvalue weighted by molar-refractivity contribution is 5.99. The fourth-order valence-electron chi connectivity index (χ4n) is 3.81. The maximum atomic E-state index is 13.0. The molecule has 2 aliphatic rings. The molecule has 2 saturated heterocycles. The van der Waals surface area contributed by atoms with Crippen LogP contribution in [-0.2, 0) is 20.9 Å². The molecule has 27 heavy (non-hydrogen) atoms. The van der Waals surface area contributed by atoms with E-state index in [0.717, 1.165) is 23.8 Å². The topological polar surface area (TPSA) is 72.2 Å². The van der Waals surface area contributed by atoms with Crippen molar-refractivity contribution >= 4 is 22.8 Å². The van der Waals surface area contributed by atoms with E-state index in [0.29, 0.717) is 50.7 Å². The van der Waals surface area contributed by atoms with Gasteiger partial charge in [0.25, 0.3) is 11.8 Å². The molecule has 0 aliphatic carbocycles. The van der Waals surface area contributed by atoms with Gasteiger partial charge >= 0.3 is 0 Å². The number of furan rings is 1. The number of rotatable bonds is 4. The minimum absolute atomic E-state index is 0.0448. The van der Waals surface area contributed by atoms with Crippen molar-refractivity contribution in [2.24, 2.45) is 0 Å². The van der Waals surface area contributed by atoms with Crippen LogP contribution in [0.5, 0.6) is 0 Å². The summed E-state index contributed by atoms with van der Waals surface area (Å²) in [5.41, 5.74) is 1.45. The van der Waals surface area contributed by atoms with Gasteiger partial charge in [0.2, 0.25) is 0 Å². The molecule has 3 heterocycles. The molecule has 144 valence electrons. The molecule has 0 radical (unpaired) electrons. The number of carbonyl (C=O) groups excluding carboxylic acids is 2. The normalized spacial score (nSPS) is 20.4. The summed E-state index contributed by atoms with van der Waals surface area (Å²) in [4.78, 5) is 29.1. The number of methoxy groups -OCH3 is 1. The molecule has 2 aromatic rings. The Bertz CT molecular complexity index is 832. The Morgan fingerprint density at radius 2 is 1.89 bits per heavy atom. The Kier molecular flexibility index (Phi) is 5.13. The van der Waals surface area contributed by atoms with E-state index in [1.165, 1.54) is 0 Å². The lowest BCUT2D eigenvalue weighted by molar-refractivity contribution is -0.142. The van der Waals surface area contributed by atoms with Crippen LogP contribution in [0, 0.1) is 0 Å². The van der Waals surface area contributed by atoms with Crippen LogP contribution in [0.4, 0.5) is 0 Å². The van der Waals surface area contributed by atoms with Gasteiger partial charge in [0.05, 0.1) is 6.61 Å². The van der Waals surface area contributed by atoms with E-state index in [4.69, 9.17) is 13.9 Å². The quantitative estimate of drug-likeness (QED) is 0.821. The van der Waals surface area contributed by atoms with Crippen molar-refractivity contribution in [2.45, 2.75) is 25.6 Å². The van der Waals surface area contributed by atoms with E-state index in [1.54, 1.807) is 16.9 Å². The van der Waals surface area contributed by atoms with E-state index < -0.39 is 0 Å². The summed E-state index contributed by atoms with van der Waals surface area (Å²) in [5, 5.41) is 0.898. The highest BCUT2D eigenvalue weighted by Gasteiger charge is 2.33. The van der Waals surface area contributed by atoms with E-state index >= 15 is 0 Å². The molecule has 0 spiro atoms. The van der Waals surface area contributed by atoms with Gasteiger partial charge in [-0.25, -0.2) is 0 Å². The highest BCUT2D eigenvalue weighted by atomic mass is 16.5. The van der Waals surface area contributed by atoms with Crippen LogP contribution in [0.25, 0.3) is 11.0 Å². The summed E-state index contributed by atoms with van der Waals surface area (Å²) in [7, 11) is 1.60. The van der Waals surface area contributed by atoms with Crippen LogP contribution < -0.4 is 0 Å². The molecule has 0 N–H and O–H groups in total. The molecule has 1 atom stereocenters. The lowest BCUT2D eigenvalue weighted by atomic mass is 10.1. The summed E-state index contributed by atoms with van der Waals surface area (Å²) < 4.78 is 16.6. The Labute approximate surface area is 157 Å². The van der Waals surface area contributed by atoms with Gasteiger partial charge in [-0.2, -0.15) is 0 Å². The summed E-state index contributed by atoms with van der Waals surface area (Å²) in [5.74, 6) is 0.225. The van der Waals surface area contributed by atoms with Gasteiger partial charge in [-0.3, -0.25) is 9.59 Å². The molecule has 2 fully saturated rings. The van der Waals surface area contributed by atoms with Crippen molar-refractivity contribution in [3.05, 3.63) is 35.6 Å². The largest absolute Gasteiger partial charge is 0.451 e. The smallest absolute Gasteiger partial charge is 0.290 e. The van der Waals surface area contributed by atoms with E-state index in [1.807, 2.05) is 24.3 Å². The molecule has 7 nitrogen and oxygen atoms in total. The summed E-state index contributed by atoms with van der Waals surface area (Å²) in [6, 6.07) is 7.58. The highest BCUT2D eigenvalue weighted by Crippen LogP contribution is 2.28. The Morgan fingerprint density at radius 1 is 1.15 bits per heavy atom. The minimum atomic E-state index is -0.309. The summed E-state index contributed by atoms with van der Waals surface area (Å²) >= 11 is 0. The molecule has 0 saturated carbocycles. The standard InChI is InChI=1S/C20H24N2O5/c1-25-13-15-14-5-2-3-6-16(14)27-18(15)20(24)22-10-8-21(9-11-22)19(23)17-7-4-12-26-17/h2-3,5-6,17H,4,7-13H2,1H3.